The summed E-state index contributed by atoms with van der Waals surface area (Å²) < 4.78 is 47.6. The highest BCUT2D eigenvalue weighted by atomic mass is 127. The zero-order valence-electron chi connectivity index (χ0n) is 18.9. The van der Waals surface area contributed by atoms with Crippen LogP contribution in [0.3, 0.4) is 0 Å². The summed E-state index contributed by atoms with van der Waals surface area (Å²) in [7, 11) is 3.61. The average Bonchev–Trinajstić information content (AvgIpc) is 3.44. The first-order chi connectivity index (χ1) is 15.3. The number of aryl methyl sites for hydroxylation is 1. The molecule has 1 N–H and O–H groups in total. The summed E-state index contributed by atoms with van der Waals surface area (Å²) >= 11 is 0. The normalized spacial score (nSPS) is 21.1. The molecule has 0 spiro atoms. The molecule has 0 radical (unpaired) electrons. The number of halogens is 4. The Hall–Kier alpha value is -1.82. The van der Waals surface area contributed by atoms with Gasteiger partial charge in [-0.3, -0.25) is 9.67 Å². The molecule has 2 heterocycles. The van der Waals surface area contributed by atoms with Gasteiger partial charge in [-0.15, -0.1) is 24.0 Å². The van der Waals surface area contributed by atoms with Crippen molar-refractivity contribution in [2.24, 2.45) is 12.0 Å². The molecule has 1 saturated carbocycles. The summed E-state index contributed by atoms with van der Waals surface area (Å²) in [4.78, 5) is 6.61. The van der Waals surface area contributed by atoms with Crippen molar-refractivity contribution in [3.63, 3.8) is 0 Å². The molecule has 33 heavy (non-hydrogen) atoms. The molecule has 1 unspecified atom stereocenters. The molecule has 182 valence electrons. The maximum Gasteiger partial charge on any atom is 0.416 e. The second kappa shape index (κ2) is 10.6. The van der Waals surface area contributed by atoms with Crippen LogP contribution in [0.1, 0.15) is 48.5 Å². The van der Waals surface area contributed by atoms with E-state index in [-0.39, 0.29) is 35.5 Å². The van der Waals surface area contributed by atoms with E-state index in [1.54, 1.807) is 11.7 Å². The molecule has 6 nitrogen and oxygen atoms in total. The van der Waals surface area contributed by atoms with Gasteiger partial charge in [0, 0.05) is 44.4 Å². The van der Waals surface area contributed by atoms with Gasteiger partial charge in [-0.25, -0.2) is 0 Å². The Bertz CT molecular complexity index is 956. The van der Waals surface area contributed by atoms with E-state index in [4.69, 9.17) is 4.74 Å². The molecule has 1 aromatic heterocycles. The van der Waals surface area contributed by atoms with Gasteiger partial charge in [-0.05, 0) is 24.5 Å². The largest absolute Gasteiger partial charge is 0.416 e. The standard InChI is InChI=1S/C23H30F3N5O.HI/c1-27-21(31-10-11-32-20(15-31)17-13-29-30(2)14-17)28-16-22(8-3-4-9-22)18-6-5-7-19(12-18)23(24,25)26;/h5-7,12-14,20H,3-4,8-11,15-16H2,1-2H3,(H,27,28);1H. The molecule has 2 fully saturated rings. The number of aliphatic imine (C=N–C) groups is 1. The van der Waals surface area contributed by atoms with E-state index in [1.165, 1.54) is 12.1 Å². The third-order valence-corrected chi connectivity index (χ3v) is 6.62. The number of morpholine rings is 1. The fourth-order valence-electron chi connectivity index (χ4n) is 4.87. The van der Waals surface area contributed by atoms with Crippen molar-refractivity contribution in [3.8, 4) is 0 Å². The second-order valence-corrected chi connectivity index (χ2v) is 8.72. The first kappa shape index (κ1) is 25.8. The lowest BCUT2D eigenvalue weighted by atomic mass is 9.78. The van der Waals surface area contributed by atoms with Crippen molar-refractivity contribution in [2.45, 2.75) is 43.4 Å². The maximum atomic E-state index is 13.3. The van der Waals surface area contributed by atoms with Crippen molar-refractivity contribution < 1.29 is 17.9 Å². The summed E-state index contributed by atoms with van der Waals surface area (Å²) in [6.45, 7) is 2.46. The highest BCUT2D eigenvalue weighted by Crippen LogP contribution is 2.42. The zero-order valence-corrected chi connectivity index (χ0v) is 21.3. The number of hydrogen-bond acceptors (Lipinski definition) is 3. The molecule has 1 aromatic carbocycles. The molecular formula is C23H31F3IN5O. The van der Waals surface area contributed by atoms with Gasteiger partial charge in [0.2, 0.25) is 0 Å². The molecule has 4 rings (SSSR count). The van der Waals surface area contributed by atoms with Crippen LogP contribution in [0.15, 0.2) is 41.7 Å². The molecule has 1 atom stereocenters. The number of rotatable bonds is 4. The Balaban J connectivity index is 0.00000306. The minimum absolute atomic E-state index is 0. The molecule has 1 aliphatic carbocycles. The van der Waals surface area contributed by atoms with Gasteiger partial charge in [-0.1, -0.05) is 31.0 Å². The molecule has 2 aliphatic rings. The number of alkyl halides is 3. The van der Waals surface area contributed by atoms with Crippen LogP contribution < -0.4 is 5.32 Å². The van der Waals surface area contributed by atoms with Crippen LogP contribution >= 0.6 is 24.0 Å². The van der Waals surface area contributed by atoms with Crippen LogP contribution in [0.5, 0.6) is 0 Å². The van der Waals surface area contributed by atoms with Gasteiger partial charge in [0.25, 0.3) is 0 Å². The molecule has 1 aliphatic heterocycles. The third-order valence-electron chi connectivity index (χ3n) is 6.62. The van der Waals surface area contributed by atoms with Crippen molar-refractivity contribution in [1.29, 1.82) is 0 Å². The fraction of sp³-hybridized carbons (Fsp3) is 0.565. The topological polar surface area (TPSA) is 54.7 Å². The Morgan fingerprint density at radius 2 is 2.06 bits per heavy atom. The molecule has 2 aromatic rings. The lowest BCUT2D eigenvalue weighted by molar-refractivity contribution is -0.137. The average molecular weight is 577 g/mol. The summed E-state index contributed by atoms with van der Waals surface area (Å²) in [6, 6.07) is 5.82. The van der Waals surface area contributed by atoms with Gasteiger partial charge < -0.3 is 15.0 Å². The monoisotopic (exact) mass is 577 g/mol. The van der Waals surface area contributed by atoms with Gasteiger partial charge in [-0.2, -0.15) is 18.3 Å². The van der Waals surface area contributed by atoms with Crippen molar-refractivity contribution in [3.05, 3.63) is 53.3 Å². The van der Waals surface area contributed by atoms with E-state index >= 15 is 0 Å². The molecular weight excluding hydrogens is 546 g/mol. The van der Waals surface area contributed by atoms with E-state index < -0.39 is 11.7 Å². The highest BCUT2D eigenvalue weighted by molar-refractivity contribution is 14.0. The predicted molar refractivity (Wildman–Crippen MR) is 132 cm³/mol. The Kier molecular flexibility index (Phi) is 8.31. The first-order valence-corrected chi connectivity index (χ1v) is 11.0. The predicted octanol–water partition coefficient (Wildman–Crippen LogP) is 4.52. The summed E-state index contributed by atoms with van der Waals surface area (Å²) in [5.74, 6) is 0.750. The third kappa shape index (κ3) is 5.82. The lowest BCUT2D eigenvalue weighted by Gasteiger charge is -2.37. The quantitative estimate of drug-likeness (QED) is 0.330. The van der Waals surface area contributed by atoms with Crippen LogP contribution in [0.25, 0.3) is 0 Å². The summed E-state index contributed by atoms with van der Waals surface area (Å²) in [6.07, 6.45) is 3.07. The Morgan fingerprint density at radius 1 is 1.30 bits per heavy atom. The number of hydrogen-bond donors (Lipinski definition) is 1. The minimum atomic E-state index is -4.34. The smallest absolute Gasteiger partial charge is 0.370 e. The number of nitrogens with zero attached hydrogens (tertiary/aromatic N) is 4. The van der Waals surface area contributed by atoms with Crippen LogP contribution in [0, 0.1) is 0 Å². The van der Waals surface area contributed by atoms with Gasteiger partial charge >= 0.3 is 6.18 Å². The van der Waals surface area contributed by atoms with E-state index in [1.807, 2.05) is 25.5 Å². The van der Waals surface area contributed by atoms with Crippen LogP contribution in [-0.2, 0) is 23.4 Å². The van der Waals surface area contributed by atoms with Crippen molar-refractivity contribution in [1.82, 2.24) is 20.0 Å². The zero-order chi connectivity index (χ0) is 22.8. The molecule has 1 saturated heterocycles. The van der Waals surface area contributed by atoms with Crippen LogP contribution in [0.2, 0.25) is 0 Å². The van der Waals surface area contributed by atoms with Crippen molar-refractivity contribution >= 4 is 29.9 Å². The number of ether oxygens (including phenoxy) is 1. The van der Waals surface area contributed by atoms with Crippen molar-refractivity contribution in [2.75, 3.05) is 33.3 Å². The molecule has 10 heteroatoms. The van der Waals surface area contributed by atoms with Crippen LogP contribution in [0.4, 0.5) is 13.2 Å². The van der Waals surface area contributed by atoms with Gasteiger partial charge in [0.15, 0.2) is 5.96 Å². The Labute approximate surface area is 209 Å². The number of guanidine groups is 1. The fourth-order valence-corrected chi connectivity index (χ4v) is 4.87. The highest BCUT2D eigenvalue weighted by Gasteiger charge is 2.38. The SMILES string of the molecule is CN=C(NCC1(c2cccc(C(F)(F)F)c2)CCCC1)N1CCOC(c2cnn(C)c2)C1.I. The summed E-state index contributed by atoms with van der Waals surface area (Å²) in [5, 5.41) is 7.70. The first-order valence-electron chi connectivity index (χ1n) is 11.0. The van der Waals surface area contributed by atoms with Crippen LogP contribution in [-0.4, -0.2) is 53.9 Å². The maximum absolute atomic E-state index is 13.3. The minimum Gasteiger partial charge on any atom is -0.370 e. The second-order valence-electron chi connectivity index (χ2n) is 8.72. The summed E-state index contributed by atoms with van der Waals surface area (Å²) in [5.41, 5.74) is 0.858. The molecule has 0 bridgehead atoms. The van der Waals surface area contributed by atoms with E-state index in [0.29, 0.717) is 26.2 Å². The van der Waals surface area contributed by atoms with E-state index in [9.17, 15) is 13.2 Å². The number of aromatic nitrogens is 2. The lowest BCUT2D eigenvalue weighted by Crippen LogP contribution is -2.51. The van der Waals surface area contributed by atoms with Gasteiger partial charge in [0.05, 0.1) is 24.9 Å². The number of benzene rings is 1. The number of nitrogens with one attached hydrogen (secondary N) is 1. The molecule has 0 amide bonds. The van der Waals surface area contributed by atoms with E-state index in [0.717, 1.165) is 48.8 Å². The Morgan fingerprint density at radius 3 is 2.70 bits per heavy atom. The van der Waals surface area contributed by atoms with Gasteiger partial charge in [0.1, 0.15) is 6.10 Å². The van der Waals surface area contributed by atoms with E-state index in [2.05, 4.69) is 20.3 Å².